The summed E-state index contributed by atoms with van der Waals surface area (Å²) in [5.41, 5.74) is 3.96. The van der Waals surface area contributed by atoms with Crippen molar-refractivity contribution in [2.75, 3.05) is 7.11 Å². The highest BCUT2D eigenvalue weighted by atomic mass is 35.5. The average Bonchev–Trinajstić information content (AvgIpc) is 3.32. The summed E-state index contributed by atoms with van der Waals surface area (Å²) in [6.45, 7) is 0. The molecule has 0 N–H and O–H groups in total. The molecule has 0 bridgehead atoms. The van der Waals surface area contributed by atoms with Crippen molar-refractivity contribution in [3.8, 4) is 38.3 Å². The number of methoxy groups -OCH3 is 1. The van der Waals surface area contributed by atoms with Crippen LogP contribution < -0.4 is 4.74 Å². The third-order valence-corrected chi connectivity index (χ3v) is 5.78. The van der Waals surface area contributed by atoms with Crippen molar-refractivity contribution in [2.45, 2.75) is 0 Å². The lowest BCUT2D eigenvalue weighted by Crippen LogP contribution is -1.84. The van der Waals surface area contributed by atoms with Gasteiger partial charge in [-0.05, 0) is 24.3 Å². The van der Waals surface area contributed by atoms with Crippen LogP contribution in [0.4, 0.5) is 0 Å². The van der Waals surface area contributed by atoms with E-state index in [-0.39, 0.29) is 0 Å². The fraction of sp³-hybridized carbons (Fsp3) is 0.0526. The Morgan fingerprint density at radius 3 is 2.12 bits per heavy atom. The molecule has 0 fully saturated rings. The molecule has 0 radical (unpaired) electrons. The Morgan fingerprint density at radius 1 is 0.840 bits per heavy atom. The van der Waals surface area contributed by atoms with Crippen molar-refractivity contribution >= 4 is 34.3 Å². The van der Waals surface area contributed by atoms with Crippen molar-refractivity contribution < 1.29 is 4.74 Å². The highest BCUT2D eigenvalue weighted by Gasteiger charge is 2.12. The summed E-state index contributed by atoms with van der Waals surface area (Å²) in [6.07, 6.45) is 0. The van der Waals surface area contributed by atoms with Crippen LogP contribution >= 0.6 is 34.3 Å². The molecule has 0 amide bonds. The van der Waals surface area contributed by atoms with Crippen LogP contribution in [0.25, 0.3) is 32.5 Å². The molecule has 4 rings (SSSR count). The van der Waals surface area contributed by atoms with E-state index in [1.807, 2.05) is 59.3 Å². The molecular weight excluding hydrogens is 372 g/mol. The largest absolute Gasteiger partial charge is 0.497 e. The Kier molecular flexibility index (Phi) is 4.53. The van der Waals surface area contributed by atoms with Gasteiger partial charge in [0.1, 0.15) is 5.75 Å². The first-order valence-electron chi connectivity index (χ1n) is 7.55. The zero-order valence-corrected chi connectivity index (χ0v) is 15.7. The highest BCUT2D eigenvalue weighted by Crippen LogP contribution is 2.34. The second-order valence-electron chi connectivity index (χ2n) is 5.31. The lowest BCUT2D eigenvalue weighted by atomic mass is 10.2. The molecule has 0 aliphatic heterocycles. The molecule has 2 aromatic carbocycles. The summed E-state index contributed by atoms with van der Waals surface area (Å²) < 4.78 is 5.28. The predicted octanol–water partition coefficient (Wildman–Crippen LogP) is 6.26. The van der Waals surface area contributed by atoms with E-state index in [1.54, 1.807) is 29.8 Å². The molecule has 0 unspecified atom stereocenters. The fourth-order valence-corrected chi connectivity index (χ4v) is 4.25. The van der Waals surface area contributed by atoms with E-state index >= 15 is 0 Å². The van der Waals surface area contributed by atoms with Crippen LogP contribution in [0.1, 0.15) is 0 Å². The second-order valence-corrected chi connectivity index (χ2v) is 7.47. The summed E-state index contributed by atoms with van der Waals surface area (Å²) >= 11 is 9.14. The minimum atomic E-state index is 0.724. The molecule has 0 atom stereocenters. The monoisotopic (exact) mass is 384 g/mol. The van der Waals surface area contributed by atoms with Crippen LogP contribution in [-0.2, 0) is 0 Å². The van der Waals surface area contributed by atoms with Crippen molar-refractivity contribution in [2.24, 2.45) is 0 Å². The summed E-state index contributed by atoms with van der Waals surface area (Å²) in [4.78, 5) is 9.46. The third kappa shape index (κ3) is 3.44. The Balaban J connectivity index is 1.63. The standard InChI is InChI=1S/C19H13ClN2OS2/c1-23-15-4-2-3-13(9-15)17-11-25-19(22-17)18-21-16(10-24-18)12-5-7-14(20)8-6-12/h2-11H,1H3. The molecule has 0 saturated heterocycles. The molecule has 0 aliphatic carbocycles. The van der Waals surface area contributed by atoms with Crippen LogP contribution in [0.2, 0.25) is 5.02 Å². The molecule has 3 nitrogen and oxygen atoms in total. The Hall–Kier alpha value is -2.21. The van der Waals surface area contributed by atoms with Crippen molar-refractivity contribution in [1.82, 2.24) is 9.97 Å². The van der Waals surface area contributed by atoms with Crippen LogP contribution in [0, 0.1) is 0 Å². The molecule has 0 spiro atoms. The van der Waals surface area contributed by atoms with Gasteiger partial charge in [0, 0.05) is 26.9 Å². The van der Waals surface area contributed by atoms with Gasteiger partial charge in [-0.3, -0.25) is 0 Å². The quantitative estimate of drug-likeness (QED) is 0.416. The molecule has 6 heteroatoms. The summed E-state index contributed by atoms with van der Waals surface area (Å²) in [7, 11) is 1.67. The third-order valence-electron chi connectivity index (χ3n) is 3.70. The minimum absolute atomic E-state index is 0.724. The summed E-state index contributed by atoms with van der Waals surface area (Å²) in [5.74, 6) is 0.825. The highest BCUT2D eigenvalue weighted by molar-refractivity contribution is 7.20. The Morgan fingerprint density at radius 2 is 1.48 bits per heavy atom. The van der Waals surface area contributed by atoms with E-state index in [0.717, 1.165) is 43.3 Å². The zero-order chi connectivity index (χ0) is 17.2. The van der Waals surface area contributed by atoms with Gasteiger partial charge in [0.2, 0.25) is 0 Å². The van der Waals surface area contributed by atoms with E-state index in [0.29, 0.717) is 0 Å². The van der Waals surface area contributed by atoms with E-state index < -0.39 is 0 Å². The normalized spacial score (nSPS) is 10.8. The smallest absolute Gasteiger partial charge is 0.152 e. The van der Waals surface area contributed by atoms with E-state index in [2.05, 4.69) is 0 Å². The number of benzene rings is 2. The second kappa shape index (κ2) is 6.96. The fourth-order valence-electron chi connectivity index (χ4n) is 2.41. The number of hydrogen-bond acceptors (Lipinski definition) is 5. The van der Waals surface area contributed by atoms with Crippen LogP contribution in [0.3, 0.4) is 0 Å². The average molecular weight is 385 g/mol. The SMILES string of the molecule is COc1cccc(-c2csc(-c3nc(-c4ccc(Cl)cc4)cs3)n2)c1. The summed E-state index contributed by atoms with van der Waals surface area (Å²) in [5, 5.41) is 6.66. The first kappa shape index (κ1) is 16.3. The van der Waals surface area contributed by atoms with Gasteiger partial charge in [0.15, 0.2) is 10.0 Å². The number of thiazole rings is 2. The Bertz CT molecular complexity index is 1010. The maximum Gasteiger partial charge on any atom is 0.152 e. The van der Waals surface area contributed by atoms with E-state index in [1.165, 1.54) is 0 Å². The van der Waals surface area contributed by atoms with E-state index in [4.69, 9.17) is 26.3 Å². The molecule has 25 heavy (non-hydrogen) atoms. The summed E-state index contributed by atoms with van der Waals surface area (Å²) in [6, 6.07) is 15.6. The number of ether oxygens (including phenoxy) is 1. The predicted molar refractivity (Wildman–Crippen MR) is 106 cm³/mol. The minimum Gasteiger partial charge on any atom is -0.497 e. The first-order chi connectivity index (χ1) is 12.2. The number of halogens is 1. The van der Waals surface area contributed by atoms with Crippen LogP contribution in [0.5, 0.6) is 5.75 Å². The molecule has 0 aliphatic rings. The van der Waals surface area contributed by atoms with Gasteiger partial charge < -0.3 is 4.74 Å². The number of aromatic nitrogens is 2. The van der Waals surface area contributed by atoms with Crippen molar-refractivity contribution in [3.63, 3.8) is 0 Å². The first-order valence-corrected chi connectivity index (χ1v) is 9.68. The van der Waals surface area contributed by atoms with Crippen LogP contribution in [0.15, 0.2) is 59.3 Å². The molecule has 124 valence electrons. The number of nitrogens with zero attached hydrogens (tertiary/aromatic N) is 2. The Labute approximate surface area is 158 Å². The molecule has 2 heterocycles. The lowest BCUT2D eigenvalue weighted by Gasteiger charge is -2.01. The van der Waals surface area contributed by atoms with Crippen molar-refractivity contribution in [1.29, 1.82) is 0 Å². The van der Waals surface area contributed by atoms with E-state index in [9.17, 15) is 0 Å². The van der Waals surface area contributed by atoms with Gasteiger partial charge in [0.25, 0.3) is 0 Å². The van der Waals surface area contributed by atoms with Gasteiger partial charge >= 0.3 is 0 Å². The maximum atomic E-state index is 5.95. The molecular formula is C19H13ClN2OS2. The molecule has 0 saturated carbocycles. The van der Waals surface area contributed by atoms with Gasteiger partial charge in [-0.25, -0.2) is 9.97 Å². The van der Waals surface area contributed by atoms with Crippen LogP contribution in [-0.4, -0.2) is 17.1 Å². The van der Waals surface area contributed by atoms with Gasteiger partial charge in [-0.15, -0.1) is 22.7 Å². The zero-order valence-electron chi connectivity index (χ0n) is 13.3. The van der Waals surface area contributed by atoms with Gasteiger partial charge in [-0.1, -0.05) is 35.9 Å². The van der Waals surface area contributed by atoms with Gasteiger partial charge in [0.05, 0.1) is 18.5 Å². The van der Waals surface area contributed by atoms with Crippen molar-refractivity contribution in [3.05, 3.63) is 64.3 Å². The number of hydrogen-bond donors (Lipinski definition) is 0. The van der Waals surface area contributed by atoms with Gasteiger partial charge in [-0.2, -0.15) is 0 Å². The topological polar surface area (TPSA) is 35.0 Å². The molecule has 2 aromatic heterocycles. The maximum absolute atomic E-state index is 5.95. The molecule has 4 aromatic rings. The lowest BCUT2D eigenvalue weighted by molar-refractivity contribution is 0.415. The number of rotatable bonds is 4.